The van der Waals surface area contributed by atoms with E-state index in [1.54, 1.807) is 11.3 Å². The number of nitrogens with zero attached hydrogens (tertiary/aromatic N) is 1. The Bertz CT molecular complexity index is 583. The summed E-state index contributed by atoms with van der Waals surface area (Å²) in [5.41, 5.74) is 0.0794. The Kier molecular flexibility index (Phi) is 3.57. The molecule has 2 rings (SSSR count). The second-order valence-electron chi connectivity index (χ2n) is 3.78. The van der Waals surface area contributed by atoms with Gasteiger partial charge in [0, 0.05) is 16.3 Å². The van der Waals surface area contributed by atoms with Crippen LogP contribution in [-0.2, 0) is 6.54 Å². The number of benzene rings is 1. The molecule has 0 amide bonds. The summed E-state index contributed by atoms with van der Waals surface area (Å²) in [6.07, 6.45) is 0. The van der Waals surface area contributed by atoms with Crippen molar-refractivity contribution in [2.45, 2.75) is 13.5 Å². The molecule has 94 valence electrons. The molecule has 0 saturated heterocycles. The van der Waals surface area contributed by atoms with Gasteiger partial charge in [-0.25, -0.2) is 4.39 Å². The molecule has 0 bridgehead atoms. The third kappa shape index (κ3) is 2.84. The molecule has 0 unspecified atom stereocenters. The summed E-state index contributed by atoms with van der Waals surface area (Å²) in [6.45, 7) is 2.49. The quantitative estimate of drug-likeness (QED) is 0.678. The molecule has 0 atom stereocenters. The van der Waals surface area contributed by atoms with E-state index in [1.165, 1.54) is 17.0 Å². The van der Waals surface area contributed by atoms with Crippen molar-refractivity contribution in [1.82, 2.24) is 0 Å². The molecule has 1 aromatic heterocycles. The molecule has 2 aromatic rings. The minimum absolute atomic E-state index is 0.247. The van der Waals surface area contributed by atoms with Crippen LogP contribution < -0.4 is 5.32 Å². The molecule has 0 fully saturated rings. The maximum atomic E-state index is 12.9. The second-order valence-corrected chi connectivity index (χ2v) is 5.16. The molecule has 1 aromatic carbocycles. The molecule has 0 saturated carbocycles. The number of hydrogen-bond acceptors (Lipinski definition) is 4. The largest absolute Gasteiger partial charge is 0.375 e. The van der Waals surface area contributed by atoms with Crippen LogP contribution >= 0.6 is 11.3 Å². The van der Waals surface area contributed by atoms with Crippen molar-refractivity contribution in [3.05, 3.63) is 56.0 Å². The van der Waals surface area contributed by atoms with E-state index in [0.717, 1.165) is 10.9 Å². The minimum atomic E-state index is -0.612. The highest BCUT2D eigenvalue weighted by molar-refractivity contribution is 7.11. The van der Waals surface area contributed by atoms with E-state index in [-0.39, 0.29) is 5.69 Å². The van der Waals surface area contributed by atoms with Gasteiger partial charge in [0.15, 0.2) is 0 Å². The SMILES string of the molecule is Cc1ccc(CNc2ccc(F)cc2[N+](=O)[O-])s1. The summed E-state index contributed by atoms with van der Waals surface area (Å²) in [5, 5.41) is 13.7. The first-order chi connectivity index (χ1) is 8.56. The van der Waals surface area contributed by atoms with E-state index >= 15 is 0 Å². The molecule has 18 heavy (non-hydrogen) atoms. The molecule has 4 nitrogen and oxygen atoms in total. The van der Waals surface area contributed by atoms with Gasteiger partial charge in [0.25, 0.3) is 5.69 Å². The summed E-state index contributed by atoms with van der Waals surface area (Å²) in [4.78, 5) is 12.5. The predicted molar refractivity (Wildman–Crippen MR) is 69.4 cm³/mol. The summed E-state index contributed by atoms with van der Waals surface area (Å²) < 4.78 is 12.9. The highest BCUT2D eigenvalue weighted by Crippen LogP contribution is 2.26. The standard InChI is InChI=1S/C12H11FN2O2S/c1-8-2-4-10(18-8)7-14-11-5-3-9(13)6-12(11)15(16)17/h2-6,14H,7H2,1H3. The smallest absolute Gasteiger partial charge is 0.295 e. The number of aryl methyl sites for hydroxylation is 1. The van der Waals surface area contributed by atoms with E-state index in [4.69, 9.17) is 0 Å². The average molecular weight is 266 g/mol. The normalized spacial score (nSPS) is 10.3. The number of hydrogen-bond donors (Lipinski definition) is 1. The van der Waals surface area contributed by atoms with Gasteiger partial charge in [-0.3, -0.25) is 10.1 Å². The van der Waals surface area contributed by atoms with Crippen LogP contribution in [0, 0.1) is 22.9 Å². The number of nitro benzene ring substituents is 1. The highest BCUT2D eigenvalue weighted by Gasteiger charge is 2.14. The fraction of sp³-hybridized carbons (Fsp3) is 0.167. The first kappa shape index (κ1) is 12.5. The Balaban J connectivity index is 2.16. The molecule has 0 aliphatic carbocycles. The average Bonchev–Trinajstić information content (AvgIpc) is 2.73. The van der Waals surface area contributed by atoms with Crippen molar-refractivity contribution in [2.75, 3.05) is 5.32 Å². The minimum Gasteiger partial charge on any atom is -0.375 e. The first-order valence-electron chi connectivity index (χ1n) is 5.29. The predicted octanol–water partition coefficient (Wildman–Crippen LogP) is 3.72. The van der Waals surface area contributed by atoms with Gasteiger partial charge in [-0.05, 0) is 31.2 Å². The fourth-order valence-corrected chi connectivity index (χ4v) is 2.40. The van der Waals surface area contributed by atoms with Gasteiger partial charge < -0.3 is 5.32 Å². The van der Waals surface area contributed by atoms with E-state index in [1.807, 2.05) is 19.1 Å². The highest BCUT2D eigenvalue weighted by atomic mass is 32.1. The molecule has 0 radical (unpaired) electrons. The van der Waals surface area contributed by atoms with Gasteiger partial charge in [0.1, 0.15) is 11.5 Å². The first-order valence-corrected chi connectivity index (χ1v) is 6.11. The Labute approximate surface area is 107 Å². The van der Waals surface area contributed by atoms with Crippen molar-refractivity contribution in [3.63, 3.8) is 0 Å². The van der Waals surface area contributed by atoms with Crippen LogP contribution in [-0.4, -0.2) is 4.92 Å². The van der Waals surface area contributed by atoms with E-state index in [2.05, 4.69) is 5.32 Å². The van der Waals surface area contributed by atoms with Crippen molar-refractivity contribution in [2.24, 2.45) is 0 Å². The lowest BCUT2D eigenvalue weighted by molar-refractivity contribution is -0.384. The summed E-state index contributed by atoms with van der Waals surface area (Å²) in [7, 11) is 0. The number of anilines is 1. The van der Waals surface area contributed by atoms with Gasteiger partial charge in [0.05, 0.1) is 11.0 Å². The van der Waals surface area contributed by atoms with Crippen LogP contribution in [0.3, 0.4) is 0 Å². The Hall–Kier alpha value is -1.95. The molecular formula is C12H11FN2O2S. The van der Waals surface area contributed by atoms with Crippen LogP contribution in [0.4, 0.5) is 15.8 Å². The molecule has 1 heterocycles. The molecule has 0 aliphatic heterocycles. The van der Waals surface area contributed by atoms with Crippen LogP contribution in [0.1, 0.15) is 9.75 Å². The number of nitrogens with one attached hydrogen (secondary N) is 1. The number of rotatable bonds is 4. The van der Waals surface area contributed by atoms with Gasteiger partial charge in [0.2, 0.25) is 0 Å². The van der Waals surface area contributed by atoms with Crippen LogP contribution in [0.5, 0.6) is 0 Å². The van der Waals surface area contributed by atoms with Gasteiger partial charge in [-0.2, -0.15) is 0 Å². The zero-order valence-corrected chi connectivity index (χ0v) is 10.5. The lowest BCUT2D eigenvalue weighted by atomic mass is 10.2. The van der Waals surface area contributed by atoms with E-state index < -0.39 is 10.7 Å². The fourth-order valence-electron chi connectivity index (χ4n) is 1.57. The van der Waals surface area contributed by atoms with Crippen molar-refractivity contribution in [1.29, 1.82) is 0 Å². The van der Waals surface area contributed by atoms with Gasteiger partial charge in [-0.1, -0.05) is 0 Å². The summed E-state index contributed by atoms with van der Waals surface area (Å²) in [6, 6.07) is 7.45. The lowest BCUT2D eigenvalue weighted by Gasteiger charge is -2.05. The summed E-state index contributed by atoms with van der Waals surface area (Å²) in [5.74, 6) is -0.612. The van der Waals surface area contributed by atoms with Crippen LogP contribution in [0.2, 0.25) is 0 Å². The van der Waals surface area contributed by atoms with Crippen molar-refractivity contribution < 1.29 is 9.31 Å². The zero-order valence-electron chi connectivity index (χ0n) is 9.64. The van der Waals surface area contributed by atoms with E-state index in [9.17, 15) is 14.5 Å². The Morgan fingerprint density at radius 2 is 2.17 bits per heavy atom. The molecule has 6 heteroatoms. The molecule has 0 aliphatic rings. The zero-order chi connectivity index (χ0) is 13.1. The number of nitro groups is 1. The third-order valence-electron chi connectivity index (χ3n) is 2.41. The molecule has 1 N–H and O–H groups in total. The lowest BCUT2D eigenvalue weighted by Crippen LogP contribution is -2.01. The topological polar surface area (TPSA) is 55.2 Å². The number of thiophene rings is 1. The number of halogens is 1. The second kappa shape index (κ2) is 5.14. The van der Waals surface area contributed by atoms with Crippen molar-refractivity contribution >= 4 is 22.7 Å². The summed E-state index contributed by atoms with van der Waals surface area (Å²) >= 11 is 1.62. The third-order valence-corrected chi connectivity index (χ3v) is 3.41. The van der Waals surface area contributed by atoms with Crippen LogP contribution in [0.15, 0.2) is 30.3 Å². The maximum Gasteiger partial charge on any atom is 0.295 e. The molecular weight excluding hydrogens is 255 g/mol. The monoisotopic (exact) mass is 266 g/mol. The van der Waals surface area contributed by atoms with E-state index in [0.29, 0.717) is 12.2 Å². The van der Waals surface area contributed by atoms with Crippen molar-refractivity contribution in [3.8, 4) is 0 Å². The van der Waals surface area contributed by atoms with Crippen LogP contribution in [0.25, 0.3) is 0 Å². The maximum absolute atomic E-state index is 12.9. The van der Waals surface area contributed by atoms with Gasteiger partial charge in [-0.15, -0.1) is 11.3 Å². The molecule has 0 spiro atoms. The Morgan fingerprint density at radius 3 is 2.78 bits per heavy atom. The Morgan fingerprint density at radius 1 is 1.39 bits per heavy atom. The van der Waals surface area contributed by atoms with Gasteiger partial charge >= 0.3 is 0 Å².